The minimum atomic E-state index is -3.59. The monoisotopic (exact) mass is 539 g/mol. The second-order valence-corrected chi connectivity index (χ2v) is 11.1. The standard InChI is InChI=1S/C26H35ClFN3O4S/c1-5-19(3)29-26(33)24(6-2)30(18-20-9-13-22(28)14-10-20)25(32)8-7-17-31(36(4,34)35)23-15-11-21(27)12-16-23/h9-16,19,24H,5-8,17-18H2,1-4H3,(H,29,33)/t19-,24-/m0/s1. The van der Waals surface area contributed by atoms with E-state index in [0.717, 1.165) is 12.7 Å². The number of hydrogen-bond acceptors (Lipinski definition) is 4. The van der Waals surface area contributed by atoms with Crippen molar-refractivity contribution >= 4 is 39.1 Å². The number of benzene rings is 2. The topological polar surface area (TPSA) is 86.8 Å². The minimum absolute atomic E-state index is 0.0356. The van der Waals surface area contributed by atoms with Crippen molar-refractivity contribution in [2.24, 2.45) is 0 Å². The largest absolute Gasteiger partial charge is 0.352 e. The van der Waals surface area contributed by atoms with Gasteiger partial charge in [0.1, 0.15) is 11.9 Å². The van der Waals surface area contributed by atoms with E-state index in [2.05, 4.69) is 5.32 Å². The molecule has 0 spiro atoms. The molecule has 0 bridgehead atoms. The normalized spacial score (nSPS) is 13.1. The van der Waals surface area contributed by atoms with Crippen molar-refractivity contribution in [3.05, 3.63) is 64.9 Å². The van der Waals surface area contributed by atoms with E-state index in [1.54, 1.807) is 36.4 Å². The van der Waals surface area contributed by atoms with Gasteiger partial charge in [0.05, 0.1) is 11.9 Å². The van der Waals surface area contributed by atoms with Gasteiger partial charge in [0.2, 0.25) is 21.8 Å². The number of rotatable bonds is 13. The Kier molecular flexibility index (Phi) is 11.2. The third-order valence-electron chi connectivity index (χ3n) is 5.92. The van der Waals surface area contributed by atoms with Crippen LogP contribution in [0.5, 0.6) is 0 Å². The van der Waals surface area contributed by atoms with Crippen LogP contribution in [-0.4, -0.2) is 50.0 Å². The zero-order valence-corrected chi connectivity index (χ0v) is 22.8. The highest BCUT2D eigenvalue weighted by molar-refractivity contribution is 7.92. The van der Waals surface area contributed by atoms with Crippen molar-refractivity contribution in [3.63, 3.8) is 0 Å². The molecule has 0 fully saturated rings. The molecule has 10 heteroatoms. The lowest BCUT2D eigenvalue weighted by Crippen LogP contribution is -2.50. The van der Waals surface area contributed by atoms with Gasteiger partial charge in [-0.3, -0.25) is 13.9 Å². The summed E-state index contributed by atoms with van der Waals surface area (Å²) in [5.41, 5.74) is 1.15. The number of halogens is 2. The third-order valence-corrected chi connectivity index (χ3v) is 7.37. The summed E-state index contributed by atoms with van der Waals surface area (Å²) in [6.07, 6.45) is 2.54. The van der Waals surface area contributed by atoms with Crippen molar-refractivity contribution in [2.45, 2.75) is 65.1 Å². The molecule has 2 rings (SSSR count). The second-order valence-electron chi connectivity index (χ2n) is 8.81. The van der Waals surface area contributed by atoms with Gasteiger partial charge in [0, 0.05) is 30.6 Å². The molecule has 0 heterocycles. The van der Waals surface area contributed by atoms with Gasteiger partial charge in [-0.1, -0.05) is 37.6 Å². The number of carbonyl (C=O) groups excluding carboxylic acids is 2. The highest BCUT2D eigenvalue weighted by atomic mass is 35.5. The van der Waals surface area contributed by atoms with E-state index in [1.165, 1.54) is 21.3 Å². The quantitative estimate of drug-likeness (QED) is 0.398. The fraction of sp³-hybridized carbons (Fsp3) is 0.462. The number of anilines is 1. The lowest BCUT2D eigenvalue weighted by Gasteiger charge is -2.32. The van der Waals surface area contributed by atoms with Crippen LogP contribution >= 0.6 is 11.6 Å². The highest BCUT2D eigenvalue weighted by Gasteiger charge is 2.29. The van der Waals surface area contributed by atoms with Gasteiger partial charge in [-0.25, -0.2) is 12.8 Å². The van der Waals surface area contributed by atoms with Crippen LogP contribution in [0.25, 0.3) is 0 Å². The summed E-state index contributed by atoms with van der Waals surface area (Å²) in [6, 6.07) is 11.5. The second kappa shape index (κ2) is 13.6. The number of carbonyl (C=O) groups is 2. The summed E-state index contributed by atoms with van der Waals surface area (Å²) >= 11 is 5.92. The van der Waals surface area contributed by atoms with E-state index >= 15 is 0 Å². The zero-order valence-electron chi connectivity index (χ0n) is 21.2. The van der Waals surface area contributed by atoms with Crippen molar-refractivity contribution in [2.75, 3.05) is 17.1 Å². The Morgan fingerprint density at radius 3 is 2.17 bits per heavy atom. The molecule has 2 aromatic carbocycles. The first-order valence-electron chi connectivity index (χ1n) is 12.0. The molecule has 0 unspecified atom stereocenters. The summed E-state index contributed by atoms with van der Waals surface area (Å²) in [7, 11) is -3.59. The number of sulfonamides is 1. The van der Waals surface area contributed by atoms with Gasteiger partial charge in [-0.2, -0.15) is 0 Å². The van der Waals surface area contributed by atoms with Crippen LogP contribution in [0, 0.1) is 5.82 Å². The van der Waals surface area contributed by atoms with E-state index < -0.39 is 16.1 Å². The zero-order chi connectivity index (χ0) is 26.9. The van der Waals surface area contributed by atoms with Gasteiger partial charge >= 0.3 is 0 Å². The summed E-state index contributed by atoms with van der Waals surface area (Å²) in [6.45, 7) is 5.91. The first-order chi connectivity index (χ1) is 17.0. The number of nitrogens with one attached hydrogen (secondary N) is 1. The SMILES string of the molecule is CC[C@H](C)NC(=O)[C@H](CC)N(Cc1ccc(F)cc1)C(=O)CCCN(c1ccc(Cl)cc1)S(C)(=O)=O. The van der Waals surface area contributed by atoms with E-state index in [1.807, 2.05) is 20.8 Å². The lowest BCUT2D eigenvalue weighted by atomic mass is 10.1. The molecule has 0 aliphatic rings. The Labute approximate surface area is 218 Å². The molecule has 0 aromatic heterocycles. The average Bonchev–Trinajstić information content (AvgIpc) is 2.82. The molecular formula is C26H35ClFN3O4S. The first-order valence-corrected chi connectivity index (χ1v) is 14.3. The highest BCUT2D eigenvalue weighted by Crippen LogP contribution is 2.22. The molecule has 198 valence electrons. The maximum absolute atomic E-state index is 13.4. The maximum atomic E-state index is 13.4. The lowest BCUT2D eigenvalue weighted by molar-refractivity contribution is -0.141. The van der Waals surface area contributed by atoms with Crippen LogP contribution in [0.3, 0.4) is 0 Å². The minimum Gasteiger partial charge on any atom is -0.352 e. The van der Waals surface area contributed by atoms with Gasteiger partial charge in [0.15, 0.2) is 0 Å². The number of nitrogens with zero attached hydrogens (tertiary/aromatic N) is 2. The summed E-state index contributed by atoms with van der Waals surface area (Å²) in [5, 5.41) is 3.43. The van der Waals surface area contributed by atoms with Gasteiger partial charge in [-0.05, 0) is 68.1 Å². The van der Waals surface area contributed by atoms with Crippen molar-refractivity contribution in [1.82, 2.24) is 10.2 Å². The van der Waals surface area contributed by atoms with E-state index in [9.17, 15) is 22.4 Å². The van der Waals surface area contributed by atoms with Crippen LogP contribution in [0.15, 0.2) is 48.5 Å². The fourth-order valence-corrected chi connectivity index (χ4v) is 4.85. The summed E-state index contributed by atoms with van der Waals surface area (Å²) < 4.78 is 39.4. The summed E-state index contributed by atoms with van der Waals surface area (Å²) in [4.78, 5) is 27.9. The molecule has 7 nitrogen and oxygen atoms in total. The van der Waals surface area contributed by atoms with E-state index in [0.29, 0.717) is 22.7 Å². The van der Waals surface area contributed by atoms with E-state index in [4.69, 9.17) is 11.6 Å². The van der Waals surface area contributed by atoms with Crippen LogP contribution in [0.4, 0.5) is 10.1 Å². The van der Waals surface area contributed by atoms with Crippen LogP contribution in [0.2, 0.25) is 5.02 Å². The van der Waals surface area contributed by atoms with Crippen LogP contribution in [-0.2, 0) is 26.2 Å². The molecule has 2 aromatic rings. The van der Waals surface area contributed by atoms with Gasteiger partial charge in [-0.15, -0.1) is 0 Å². The Morgan fingerprint density at radius 2 is 1.64 bits per heavy atom. The molecule has 2 atom stereocenters. The molecule has 1 N–H and O–H groups in total. The molecule has 0 aliphatic heterocycles. The van der Waals surface area contributed by atoms with Crippen LogP contribution < -0.4 is 9.62 Å². The molecule has 0 saturated heterocycles. The number of amides is 2. The van der Waals surface area contributed by atoms with Crippen LogP contribution in [0.1, 0.15) is 52.0 Å². The van der Waals surface area contributed by atoms with Crippen molar-refractivity contribution in [1.29, 1.82) is 0 Å². The van der Waals surface area contributed by atoms with Crippen molar-refractivity contribution < 1.29 is 22.4 Å². The predicted octanol–water partition coefficient (Wildman–Crippen LogP) is 4.75. The fourth-order valence-electron chi connectivity index (χ4n) is 3.76. The van der Waals surface area contributed by atoms with E-state index in [-0.39, 0.29) is 49.6 Å². The molecule has 0 saturated carbocycles. The number of hydrogen-bond donors (Lipinski definition) is 1. The molecule has 0 aliphatic carbocycles. The molecule has 2 amide bonds. The summed E-state index contributed by atoms with van der Waals surface area (Å²) in [5.74, 6) is -0.919. The molecular weight excluding hydrogens is 505 g/mol. The third kappa shape index (κ3) is 8.78. The Bertz CT molecular complexity index is 1110. The van der Waals surface area contributed by atoms with Gasteiger partial charge in [0.25, 0.3) is 0 Å². The van der Waals surface area contributed by atoms with Gasteiger partial charge < -0.3 is 10.2 Å². The molecule has 0 radical (unpaired) electrons. The molecule has 36 heavy (non-hydrogen) atoms. The predicted molar refractivity (Wildman–Crippen MR) is 142 cm³/mol. The Balaban J connectivity index is 2.21. The maximum Gasteiger partial charge on any atom is 0.243 e. The average molecular weight is 540 g/mol. The smallest absolute Gasteiger partial charge is 0.243 e. The first kappa shape index (κ1) is 29.6. The Hall–Kier alpha value is -2.65. The Morgan fingerprint density at radius 1 is 1.03 bits per heavy atom. The van der Waals surface area contributed by atoms with Crippen molar-refractivity contribution in [3.8, 4) is 0 Å².